The fourth-order valence-electron chi connectivity index (χ4n) is 3.38. The predicted molar refractivity (Wildman–Crippen MR) is 103 cm³/mol. The lowest BCUT2D eigenvalue weighted by molar-refractivity contribution is 0.102. The standard InChI is InChI=1S/C19H16N4O3S/c20-9-12-11-4-2-1-3-5-15(11)27-19(12)23-16(24)10-6-7-13-14(8-10)22-18(26)17(25)21-13/h6-8H,1-5H2,(H,21,25)(H,22,26)(H,23,24). The van der Waals surface area contributed by atoms with Gasteiger partial charge in [0, 0.05) is 10.4 Å². The van der Waals surface area contributed by atoms with Crippen LogP contribution < -0.4 is 16.4 Å². The molecule has 8 heteroatoms. The molecule has 0 fully saturated rings. The number of carbonyl (C=O) groups excluding carboxylic acids is 1. The van der Waals surface area contributed by atoms with Gasteiger partial charge < -0.3 is 15.3 Å². The zero-order chi connectivity index (χ0) is 19.0. The maximum Gasteiger partial charge on any atom is 0.314 e. The molecule has 1 aliphatic rings. The van der Waals surface area contributed by atoms with E-state index in [1.807, 2.05) is 0 Å². The number of hydrogen-bond acceptors (Lipinski definition) is 5. The van der Waals surface area contributed by atoms with Crippen molar-refractivity contribution in [1.29, 1.82) is 5.26 Å². The summed E-state index contributed by atoms with van der Waals surface area (Å²) in [6, 6.07) is 6.88. The van der Waals surface area contributed by atoms with Crippen molar-refractivity contribution >= 4 is 33.3 Å². The quantitative estimate of drug-likeness (QED) is 0.468. The highest BCUT2D eigenvalue weighted by Crippen LogP contribution is 2.37. The predicted octanol–water partition coefficient (Wildman–Crippen LogP) is 2.67. The summed E-state index contributed by atoms with van der Waals surface area (Å²) in [6.45, 7) is 0. The van der Waals surface area contributed by atoms with Crippen LogP contribution in [-0.4, -0.2) is 15.9 Å². The Morgan fingerprint density at radius 2 is 1.81 bits per heavy atom. The molecular weight excluding hydrogens is 364 g/mol. The first kappa shape index (κ1) is 17.2. The minimum Gasteiger partial charge on any atom is -0.316 e. The van der Waals surface area contributed by atoms with Gasteiger partial charge in [0.2, 0.25) is 0 Å². The number of hydrogen-bond donors (Lipinski definition) is 3. The number of rotatable bonds is 2. The van der Waals surface area contributed by atoms with Crippen LogP contribution in [0.3, 0.4) is 0 Å². The Balaban J connectivity index is 1.67. The van der Waals surface area contributed by atoms with Crippen LogP contribution >= 0.6 is 11.3 Å². The molecule has 0 aliphatic heterocycles. The molecule has 0 saturated heterocycles. The van der Waals surface area contributed by atoms with E-state index >= 15 is 0 Å². The lowest BCUT2D eigenvalue weighted by atomic mass is 10.1. The van der Waals surface area contributed by atoms with Gasteiger partial charge in [0.25, 0.3) is 5.91 Å². The van der Waals surface area contributed by atoms with Crippen molar-refractivity contribution < 1.29 is 4.79 Å². The van der Waals surface area contributed by atoms with Gasteiger partial charge in [-0.2, -0.15) is 5.26 Å². The van der Waals surface area contributed by atoms with Gasteiger partial charge in [-0.15, -0.1) is 11.3 Å². The Bertz CT molecular complexity index is 1210. The Kier molecular flexibility index (Phi) is 4.38. The molecule has 2 heterocycles. The summed E-state index contributed by atoms with van der Waals surface area (Å²) in [7, 11) is 0. The van der Waals surface area contributed by atoms with E-state index in [1.165, 1.54) is 22.3 Å². The average Bonchev–Trinajstić information content (AvgIpc) is 2.81. The van der Waals surface area contributed by atoms with E-state index in [0.717, 1.165) is 37.7 Å². The summed E-state index contributed by atoms with van der Waals surface area (Å²) < 4.78 is 0. The van der Waals surface area contributed by atoms with Crippen LogP contribution in [0.15, 0.2) is 27.8 Å². The number of aromatic amines is 2. The normalized spacial score (nSPS) is 13.6. The molecule has 27 heavy (non-hydrogen) atoms. The summed E-state index contributed by atoms with van der Waals surface area (Å²) in [5.41, 5.74) is 1.26. The van der Waals surface area contributed by atoms with E-state index in [1.54, 1.807) is 12.1 Å². The zero-order valence-electron chi connectivity index (χ0n) is 14.3. The molecule has 0 unspecified atom stereocenters. The Morgan fingerprint density at radius 3 is 2.59 bits per heavy atom. The summed E-state index contributed by atoms with van der Waals surface area (Å²) in [6.07, 6.45) is 5.12. The topological polar surface area (TPSA) is 119 Å². The number of carbonyl (C=O) groups is 1. The van der Waals surface area contributed by atoms with E-state index in [4.69, 9.17) is 0 Å². The van der Waals surface area contributed by atoms with Gasteiger partial charge in [-0.3, -0.25) is 14.4 Å². The number of H-pyrrole nitrogens is 2. The summed E-state index contributed by atoms with van der Waals surface area (Å²) >= 11 is 1.47. The monoisotopic (exact) mass is 380 g/mol. The van der Waals surface area contributed by atoms with Crippen molar-refractivity contribution in [2.75, 3.05) is 5.32 Å². The second-order valence-electron chi connectivity index (χ2n) is 6.50. The highest BCUT2D eigenvalue weighted by molar-refractivity contribution is 7.16. The number of aryl methyl sites for hydroxylation is 1. The second kappa shape index (κ2) is 6.85. The Labute approximate surface area is 157 Å². The number of thiophene rings is 1. The van der Waals surface area contributed by atoms with Crippen LogP contribution in [0.5, 0.6) is 0 Å². The molecule has 4 rings (SSSR count). The third-order valence-corrected chi connectivity index (χ3v) is 5.95. The third kappa shape index (κ3) is 3.17. The number of anilines is 1. The SMILES string of the molecule is N#Cc1c(NC(=O)c2ccc3[nH]c(=O)c(=O)[nH]c3c2)sc2c1CCCCC2. The first-order valence-corrected chi connectivity index (χ1v) is 9.51. The summed E-state index contributed by atoms with van der Waals surface area (Å²) in [5, 5.41) is 13.0. The van der Waals surface area contributed by atoms with Gasteiger partial charge in [0.05, 0.1) is 16.6 Å². The number of aromatic nitrogens is 2. The highest BCUT2D eigenvalue weighted by Gasteiger charge is 2.21. The largest absolute Gasteiger partial charge is 0.316 e. The van der Waals surface area contributed by atoms with Gasteiger partial charge in [-0.05, 0) is 49.4 Å². The smallest absolute Gasteiger partial charge is 0.314 e. The number of nitrogens with one attached hydrogen (secondary N) is 3. The van der Waals surface area contributed by atoms with E-state index in [9.17, 15) is 19.6 Å². The number of amides is 1. The molecule has 1 aliphatic carbocycles. The van der Waals surface area contributed by atoms with Gasteiger partial charge in [0.15, 0.2) is 0 Å². The van der Waals surface area contributed by atoms with Crippen molar-refractivity contribution in [3.63, 3.8) is 0 Å². The maximum absolute atomic E-state index is 12.7. The molecule has 3 aromatic rings. The average molecular weight is 380 g/mol. The van der Waals surface area contributed by atoms with Crippen molar-refractivity contribution in [1.82, 2.24) is 9.97 Å². The molecule has 0 bridgehead atoms. The molecule has 0 radical (unpaired) electrons. The number of nitriles is 1. The number of fused-ring (bicyclic) bond motifs is 2. The molecule has 3 N–H and O–H groups in total. The van der Waals surface area contributed by atoms with Crippen LogP contribution in [0.4, 0.5) is 5.00 Å². The van der Waals surface area contributed by atoms with Crippen LogP contribution in [0.1, 0.15) is 45.6 Å². The molecule has 1 amide bonds. The van der Waals surface area contributed by atoms with Gasteiger partial charge in [0.1, 0.15) is 11.1 Å². The van der Waals surface area contributed by atoms with E-state index in [0.29, 0.717) is 27.2 Å². The molecule has 0 saturated carbocycles. The van der Waals surface area contributed by atoms with Crippen molar-refractivity contribution in [3.8, 4) is 6.07 Å². The molecule has 0 spiro atoms. The van der Waals surface area contributed by atoms with Gasteiger partial charge >= 0.3 is 11.1 Å². The Hall–Kier alpha value is -3.18. The van der Waals surface area contributed by atoms with Crippen LogP contribution in [-0.2, 0) is 12.8 Å². The first-order valence-electron chi connectivity index (χ1n) is 8.69. The fraction of sp³-hybridized carbons (Fsp3) is 0.263. The minimum absolute atomic E-state index is 0.331. The van der Waals surface area contributed by atoms with Crippen LogP contribution in [0, 0.1) is 11.3 Å². The zero-order valence-corrected chi connectivity index (χ0v) is 15.2. The van der Waals surface area contributed by atoms with E-state index in [2.05, 4.69) is 21.4 Å². The maximum atomic E-state index is 12.7. The van der Waals surface area contributed by atoms with Crippen molar-refractivity contribution in [2.24, 2.45) is 0 Å². The number of benzene rings is 1. The Morgan fingerprint density at radius 1 is 1.07 bits per heavy atom. The van der Waals surface area contributed by atoms with Gasteiger partial charge in [-0.25, -0.2) is 0 Å². The fourth-order valence-corrected chi connectivity index (χ4v) is 4.62. The molecule has 136 valence electrons. The minimum atomic E-state index is -0.770. The van der Waals surface area contributed by atoms with Gasteiger partial charge in [-0.1, -0.05) is 6.42 Å². The lowest BCUT2D eigenvalue weighted by Gasteiger charge is -2.05. The molecular formula is C19H16N4O3S. The van der Waals surface area contributed by atoms with E-state index < -0.39 is 11.1 Å². The summed E-state index contributed by atoms with van der Waals surface area (Å²) in [4.78, 5) is 41.6. The van der Waals surface area contributed by atoms with Crippen molar-refractivity contribution in [3.05, 3.63) is 60.5 Å². The third-order valence-electron chi connectivity index (χ3n) is 4.74. The lowest BCUT2D eigenvalue weighted by Crippen LogP contribution is -2.29. The molecule has 2 aromatic heterocycles. The van der Waals surface area contributed by atoms with Crippen LogP contribution in [0.2, 0.25) is 0 Å². The first-order chi connectivity index (χ1) is 13.1. The molecule has 1 aromatic carbocycles. The van der Waals surface area contributed by atoms with E-state index in [-0.39, 0.29) is 5.91 Å². The molecule has 7 nitrogen and oxygen atoms in total. The summed E-state index contributed by atoms with van der Waals surface area (Å²) in [5.74, 6) is -0.364. The number of nitrogens with zero attached hydrogens (tertiary/aromatic N) is 1. The van der Waals surface area contributed by atoms with Crippen LogP contribution in [0.25, 0.3) is 11.0 Å². The molecule has 0 atom stereocenters. The second-order valence-corrected chi connectivity index (χ2v) is 7.61. The highest BCUT2D eigenvalue weighted by atomic mass is 32.1. The van der Waals surface area contributed by atoms with Crippen molar-refractivity contribution in [2.45, 2.75) is 32.1 Å².